The van der Waals surface area contributed by atoms with Crippen LogP contribution in [-0.4, -0.2) is 36.7 Å². The summed E-state index contributed by atoms with van der Waals surface area (Å²) in [6.45, 7) is 1.11. The lowest BCUT2D eigenvalue weighted by atomic mass is 9.77. The number of benzene rings is 1. The summed E-state index contributed by atoms with van der Waals surface area (Å²) in [6.07, 6.45) is 4.27. The van der Waals surface area contributed by atoms with Crippen LogP contribution in [0.3, 0.4) is 0 Å². The van der Waals surface area contributed by atoms with E-state index in [-0.39, 0.29) is 0 Å². The lowest BCUT2D eigenvalue weighted by molar-refractivity contribution is 0.0652. The SMILES string of the molecule is COC1CN2[C@H]3CC[C@@H]2[C@@H]1[C@@H](c1ccc(Cl)c(Cl)c1)C3. The highest BCUT2D eigenvalue weighted by atomic mass is 35.5. The monoisotopic (exact) mass is 311 g/mol. The van der Waals surface area contributed by atoms with Gasteiger partial charge in [-0.15, -0.1) is 0 Å². The van der Waals surface area contributed by atoms with E-state index in [9.17, 15) is 0 Å². The molecule has 0 radical (unpaired) electrons. The number of halogens is 2. The second-order valence-electron chi connectivity index (χ2n) is 6.36. The van der Waals surface area contributed by atoms with Gasteiger partial charge in [0.25, 0.3) is 0 Å². The molecule has 4 rings (SSSR count). The van der Waals surface area contributed by atoms with Crippen LogP contribution in [0.1, 0.15) is 30.7 Å². The molecule has 2 unspecified atom stereocenters. The molecular weight excluding hydrogens is 293 g/mol. The summed E-state index contributed by atoms with van der Waals surface area (Å²) in [6, 6.07) is 7.59. The Hall–Kier alpha value is -0.280. The largest absolute Gasteiger partial charge is 0.380 e. The van der Waals surface area contributed by atoms with E-state index in [0.29, 0.717) is 34.0 Å². The average molecular weight is 312 g/mol. The maximum Gasteiger partial charge on any atom is 0.0747 e. The summed E-state index contributed by atoms with van der Waals surface area (Å²) in [5.74, 6) is 1.17. The number of hydrogen-bond donors (Lipinski definition) is 0. The van der Waals surface area contributed by atoms with Crippen molar-refractivity contribution in [3.63, 3.8) is 0 Å². The highest BCUT2D eigenvalue weighted by Gasteiger charge is 2.55. The van der Waals surface area contributed by atoms with Gasteiger partial charge >= 0.3 is 0 Å². The van der Waals surface area contributed by atoms with Crippen LogP contribution in [0.4, 0.5) is 0 Å². The third kappa shape index (κ3) is 1.85. The summed E-state index contributed by atoms with van der Waals surface area (Å²) in [4.78, 5) is 2.69. The van der Waals surface area contributed by atoms with Crippen LogP contribution >= 0.6 is 23.2 Å². The van der Waals surface area contributed by atoms with Crippen molar-refractivity contribution >= 4 is 23.2 Å². The van der Waals surface area contributed by atoms with E-state index in [1.165, 1.54) is 24.8 Å². The number of ether oxygens (including phenoxy) is 1. The highest BCUT2D eigenvalue weighted by Crippen LogP contribution is 2.53. The fourth-order valence-corrected chi connectivity index (χ4v) is 5.11. The summed E-state index contributed by atoms with van der Waals surface area (Å²) in [5, 5.41) is 1.32. The van der Waals surface area contributed by atoms with Crippen molar-refractivity contribution in [3.8, 4) is 0 Å². The minimum atomic E-state index is 0.366. The molecule has 1 aromatic carbocycles. The van der Waals surface area contributed by atoms with Crippen molar-refractivity contribution in [2.45, 2.75) is 43.4 Å². The smallest absolute Gasteiger partial charge is 0.0747 e. The molecule has 3 aliphatic rings. The van der Waals surface area contributed by atoms with E-state index in [2.05, 4.69) is 17.0 Å². The second kappa shape index (κ2) is 4.88. The number of nitrogens with zero attached hydrogens (tertiary/aromatic N) is 1. The van der Waals surface area contributed by atoms with Gasteiger partial charge in [-0.2, -0.15) is 0 Å². The molecule has 0 amide bonds. The van der Waals surface area contributed by atoms with Crippen molar-refractivity contribution in [2.75, 3.05) is 13.7 Å². The average Bonchev–Trinajstić information content (AvgIpc) is 2.87. The van der Waals surface area contributed by atoms with Gasteiger partial charge < -0.3 is 4.74 Å². The molecule has 6 atom stereocenters. The van der Waals surface area contributed by atoms with Gasteiger partial charge in [0.05, 0.1) is 16.1 Å². The summed E-state index contributed by atoms with van der Waals surface area (Å²) < 4.78 is 5.78. The number of piperidine rings is 1. The predicted octanol–water partition coefficient (Wildman–Crippen LogP) is 3.96. The quantitative estimate of drug-likeness (QED) is 0.819. The van der Waals surface area contributed by atoms with Gasteiger partial charge in [0.2, 0.25) is 0 Å². The van der Waals surface area contributed by atoms with E-state index in [1.807, 2.05) is 13.2 Å². The Morgan fingerprint density at radius 2 is 2.05 bits per heavy atom. The van der Waals surface area contributed by atoms with E-state index < -0.39 is 0 Å². The first-order valence-electron chi connectivity index (χ1n) is 7.42. The van der Waals surface area contributed by atoms with Gasteiger partial charge in [0, 0.05) is 31.7 Å². The summed E-state index contributed by atoms with van der Waals surface area (Å²) >= 11 is 12.3. The van der Waals surface area contributed by atoms with Crippen LogP contribution in [0.5, 0.6) is 0 Å². The molecule has 0 aromatic heterocycles. The Balaban J connectivity index is 1.72. The molecule has 108 valence electrons. The van der Waals surface area contributed by atoms with E-state index >= 15 is 0 Å². The first kappa shape index (κ1) is 13.4. The molecule has 3 aliphatic heterocycles. The first-order valence-corrected chi connectivity index (χ1v) is 8.18. The van der Waals surface area contributed by atoms with Gasteiger partial charge in [-0.05, 0) is 42.9 Å². The van der Waals surface area contributed by atoms with Gasteiger partial charge in [-0.25, -0.2) is 0 Å². The molecule has 0 saturated carbocycles. The minimum absolute atomic E-state index is 0.366. The molecule has 0 aliphatic carbocycles. The fraction of sp³-hybridized carbons (Fsp3) is 0.625. The highest BCUT2D eigenvalue weighted by molar-refractivity contribution is 6.42. The second-order valence-corrected chi connectivity index (χ2v) is 7.18. The van der Waals surface area contributed by atoms with Crippen molar-refractivity contribution in [1.29, 1.82) is 0 Å². The minimum Gasteiger partial charge on any atom is -0.380 e. The van der Waals surface area contributed by atoms with E-state index in [0.717, 1.165) is 12.6 Å². The molecule has 0 spiro atoms. The number of hydrogen-bond acceptors (Lipinski definition) is 2. The van der Waals surface area contributed by atoms with Crippen LogP contribution in [0, 0.1) is 5.92 Å². The third-order valence-corrected chi connectivity index (χ3v) is 6.36. The third-order valence-electron chi connectivity index (χ3n) is 5.62. The van der Waals surface area contributed by atoms with E-state index in [1.54, 1.807) is 0 Å². The Labute approximate surface area is 130 Å². The zero-order valence-corrected chi connectivity index (χ0v) is 13.1. The molecule has 2 nitrogen and oxygen atoms in total. The molecule has 3 saturated heterocycles. The van der Waals surface area contributed by atoms with Crippen LogP contribution in [0.15, 0.2) is 18.2 Å². The standard InChI is InChI=1S/C16H19Cl2NO/c1-20-15-8-19-10-3-5-14(19)16(15)11(7-10)9-2-4-12(17)13(18)6-9/h2,4,6,10-11,14-16H,3,5,7-8H2,1H3/t10-,11+,14+,15?,16-/m0/s1. The van der Waals surface area contributed by atoms with Crippen molar-refractivity contribution in [1.82, 2.24) is 4.90 Å². The molecule has 1 aromatic rings. The van der Waals surface area contributed by atoms with Crippen molar-refractivity contribution in [3.05, 3.63) is 33.8 Å². The molecule has 20 heavy (non-hydrogen) atoms. The zero-order chi connectivity index (χ0) is 13.9. The van der Waals surface area contributed by atoms with Crippen molar-refractivity contribution in [2.24, 2.45) is 5.92 Å². The molecule has 4 bridgehead atoms. The lowest BCUT2D eigenvalue weighted by Crippen LogP contribution is -2.41. The van der Waals surface area contributed by atoms with E-state index in [4.69, 9.17) is 27.9 Å². The van der Waals surface area contributed by atoms with Gasteiger partial charge in [-0.3, -0.25) is 4.90 Å². The van der Waals surface area contributed by atoms with Gasteiger partial charge in [-0.1, -0.05) is 29.3 Å². The predicted molar refractivity (Wildman–Crippen MR) is 81.6 cm³/mol. The maximum atomic E-state index is 6.22. The molecule has 0 N–H and O–H groups in total. The van der Waals surface area contributed by atoms with Crippen molar-refractivity contribution < 1.29 is 4.74 Å². The van der Waals surface area contributed by atoms with Crippen LogP contribution < -0.4 is 0 Å². The molecular formula is C16H19Cl2NO. The number of methoxy groups -OCH3 is 1. The first-order chi connectivity index (χ1) is 9.69. The zero-order valence-electron chi connectivity index (χ0n) is 11.6. The Morgan fingerprint density at radius 1 is 1.20 bits per heavy atom. The Morgan fingerprint density at radius 3 is 2.80 bits per heavy atom. The maximum absolute atomic E-state index is 6.22. The van der Waals surface area contributed by atoms with Crippen LogP contribution in [0.2, 0.25) is 10.0 Å². The molecule has 3 fully saturated rings. The molecule has 3 heterocycles. The summed E-state index contributed by atoms with van der Waals surface area (Å²) in [7, 11) is 1.85. The Bertz CT molecular complexity index is 535. The normalized spacial score (nSPS) is 42.1. The number of rotatable bonds is 2. The molecule has 4 heteroatoms. The fourth-order valence-electron chi connectivity index (χ4n) is 4.80. The lowest BCUT2D eigenvalue weighted by Gasteiger charge is -2.38. The topological polar surface area (TPSA) is 12.5 Å². The van der Waals surface area contributed by atoms with Crippen LogP contribution in [0.25, 0.3) is 0 Å². The summed E-state index contributed by atoms with van der Waals surface area (Å²) in [5.41, 5.74) is 1.34. The Kier molecular flexibility index (Phi) is 3.26. The van der Waals surface area contributed by atoms with Gasteiger partial charge in [0.15, 0.2) is 0 Å². The van der Waals surface area contributed by atoms with Gasteiger partial charge in [0.1, 0.15) is 0 Å². The van der Waals surface area contributed by atoms with Crippen LogP contribution in [-0.2, 0) is 4.74 Å².